The number of aliphatic carboxylic acids is 1. The smallest absolute Gasteiger partial charge is 0.320 e. The first-order chi connectivity index (χ1) is 8.68. The van der Waals surface area contributed by atoms with Crippen LogP contribution in [0.25, 0.3) is 0 Å². The van der Waals surface area contributed by atoms with Crippen molar-refractivity contribution >= 4 is 11.9 Å². The molecule has 1 unspecified atom stereocenters. The van der Waals surface area contributed by atoms with E-state index in [9.17, 15) is 9.59 Å². The zero-order valence-electron chi connectivity index (χ0n) is 10.7. The second-order valence-corrected chi connectivity index (χ2v) is 5.30. The van der Waals surface area contributed by atoms with Crippen LogP contribution in [0.1, 0.15) is 38.5 Å². The predicted molar refractivity (Wildman–Crippen MR) is 67.2 cm³/mol. The molecule has 102 valence electrons. The summed E-state index contributed by atoms with van der Waals surface area (Å²) < 4.78 is 0. The molecule has 1 saturated carbocycles. The highest BCUT2D eigenvalue weighted by Crippen LogP contribution is 2.32. The molecule has 2 rings (SSSR count). The fourth-order valence-corrected chi connectivity index (χ4v) is 2.52. The molecule has 1 amide bonds. The van der Waals surface area contributed by atoms with Crippen molar-refractivity contribution in [3.05, 3.63) is 0 Å². The lowest BCUT2D eigenvalue weighted by Crippen LogP contribution is -2.42. The number of carboxylic acid groups (broad SMARTS) is 1. The molecule has 0 radical (unpaired) electrons. The van der Waals surface area contributed by atoms with Crippen LogP contribution in [-0.4, -0.2) is 47.6 Å². The van der Waals surface area contributed by atoms with Crippen molar-refractivity contribution in [1.29, 1.82) is 0 Å². The molecule has 1 aliphatic carbocycles. The summed E-state index contributed by atoms with van der Waals surface area (Å²) in [7, 11) is 0. The second kappa shape index (κ2) is 6.18. The standard InChI is InChI=1S/C13H22N2O3/c16-11(15-8-2-1-3-9-15)6-7-14-12(13(17)18)10-4-5-10/h10,12,14H,1-9H2,(H,17,18). The van der Waals surface area contributed by atoms with E-state index in [1.54, 1.807) is 0 Å². The van der Waals surface area contributed by atoms with Crippen LogP contribution in [0.5, 0.6) is 0 Å². The van der Waals surface area contributed by atoms with Crippen LogP contribution < -0.4 is 5.32 Å². The summed E-state index contributed by atoms with van der Waals surface area (Å²) in [5.41, 5.74) is 0. The number of carbonyl (C=O) groups is 2. The van der Waals surface area contributed by atoms with Crippen LogP contribution in [0.3, 0.4) is 0 Å². The number of nitrogens with zero attached hydrogens (tertiary/aromatic N) is 1. The Morgan fingerprint density at radius 1 is 1.22 bits per heavy atom. The van der Waals surface area contributed by atoms with Crippen LogP contribution in [0.4, 0.5) is 0 Å². The normalized spacial score (nSPS) is 21.7. The first kappa shape index (κ1) is 13.3. The Morgan fingerprint density at radius 2 is 1.89 bits per heavy atom. The molecule has 2 N–H and O–H groups in total. The summed E-state index contributed by atoms with van der Waals surface area (Å²) in [5.74, 6) is -0.363. The van der Waals surface area contributed by atoms with E-state index in [0.29, 0.717) is 13.0 Å². The van der Waals surface area contributed by atoms with Crippen LogP contribution in [0, 0.1) is 5.92 Å². The maximum atomic E-state index is 11.9. The van der Waals surface area contributed by atoms with Gasteiger partial charge in [-0.25, -0.2) is 0 Å². The second-order valence-electron chi connectivity index (χ2n) is 5.30. The van der Waals surface area contributed by atoms with E-state index in [2.05, 4.69) is 5.32 Å². The minimum absolute atomic E-state index is 0.155. The van der Waals surface area contributed by atoms with E-state index in [4.69, 9.17) is 5.11 Å². The van der Waals surface area contributed by atoms with Gasteiger partial charge >= 0.3 is 5.97 Å². The summed E-state index contributed by atoms with van der Waals surface area (Å²) in [4.78, 5) is 24.8. The van der Waals surface area contributed by atoms with Crippen molar-refractivity contribution in [3.63, 3.8) is 0 Å². The first-order valence-electron chi connectivity index (χ1n) is 6.92. The largest absolute Gasteiger partial charge is 0.480 e. The predicted octanol–water partition coefficient (Wildman–Crippen LogP) is 0.842. The molecule has 1 heterocycles. The van der Waals surface area contributed by atoms with Crippen molar-refractivity contribution in [3.8, 4) is 0 Å². The molecule has 2 aliphatic rings. The molecule has 0 bridgehead atoms. The van der Waals surface area contributed by atoms with Gasteiger partial charge in [0.2, 0.25) is 5.91 Å². The average Bonchev–Trinajstić information content (AvgIpc) is 3.19. The minimum Gasteiger partial charge on any atom is -0.480 e. The van der Waals surface area contributed by atoms with Gasteiger partial charge in [-0.1, -0.05) is 0 Å². The molecule has 1 atom stereocenters. The van der Waals surface area contributed by atoms with Crippen molar-refractivity contribution in [1.82, 2.24) is 10.2 Å². The first-order valence-corrected chi connectivity index (χ1v) is 6.92. The van der Waals surface area contributed by atoms with E-state index < -0.39 is 12.0 Å². The molecule has 0 spiro atoms. The van der Waals surface area contributed by atoms with Crippen LogP contribution >= 0.6 is 0 Å². The third-order valence-corrected chi connectivity index (χ3v) is 3.77. The number of hydrogen-bond donors (Lipinski definition) is 2. The number of piperidine rings is 1. The topological polar surface area (TPSA) is 69.6 Å². The highest BCUT2D eigenvalue weighted by atomic mass is 16.4. The highest BCUT2D eigenvalue weighted by Gasteiger charge is 2.35. The summed E-state index contributed by atoms with van der Waals surface area (Å²) >= 11 is 0. The fourth-order valence-electron chi connectivity index (χ4n) is 2.52. The average molecular weight is 254 g/mol. The molecule has 0 aromatic rings. The minimum atomic E-state index is -0.789. The lowest BCUT2D eigenvalue weighted by molar-refractivity contribution is -0.140. The van der Waals surface area contributed by atoms with Crippen molar-refractivity contribution < 1.29 is 14.7 Å². The Balaban J connectivity index is 1.67. The zero-order chi connectivity index (χ0) is 13.0. The number of hydrogen-bond acceptors (Lipinski definition) is 3. The van der Waals surface area contributed by atoms with E-state index in [1.165, 1.54) is 6.42 Å². The molecule has 2 fully saturated rings. The highest BCUT2D eigenvalue weighted by molar-refractivity contribution is 5.77. The van der Waals surface area contributed by atoms with Gasteiger partial charge in [-0.3, -0.25) is 9.59 Å². The van der Waals surface area contributed by atoms with E-state index in [0.717, 1.165) is 38.8 Å². The molecule has 5 heteroatoms. The van der Waals surface area contributed by atoms with E-state index in [-0.39, 0.29) is 11.8 Å². The van der Waals surface area contributed by atoms with Gasteiger partial charge in [-0.2, -0.15) is 0 Å². The van der Waals surface area contributed by atoms with Gasteiger partial charge in [-0.15, -0.1) is 0 Å². The van der Waals surface area contributed by atoms with E-state index >= 15 is 0 Å². The monoisotopic (exact) mass is 254 g/mol. The maximum Gasteiger partial charge on any atom is 0.320 e. The van der Waals surface area contributed by atoms with Crippen molar-refractivity contribution in [2.75, 3.05) is 19.6 Å². The Kier molecular flexibility index (Phi) is 4.58. The summed E-state index contributed by atoms with van der Waals surface area (Å²) in [5, 5.41) is 12.0. The number of carbonyl (C=O) groups excluding carboxylic acids is 1. The van der Waals surface area contributed by atoms with Gasteiger partial charge in [0, 0.05) is 26.1 Å². The lowest BCUT2D eigenvalue weighted by atomic mass is 10.1. The molecule has 1 aliphatic heterocycles. The van der Waals surface area contributed by atoms with Gasteiger partial charge in [-0.05, 0) is 38.0 Å². The van der Waals surface area contributed by atoms with Gasteiger partial charge in [0.05, 0.1) is 0 Å². The molecule has 0 aromatic carbocycles. The number of carboxylic acids is 1. The zero-order valence-corrected chi connectivity index (χ0v) is 10.7. The number of likely N-dealkylation sites (tertiary alicyclic amines) is 1. The molecule has 1 saturated heterocycles. The van der Waals surface area contributed by atoms with Crippen LogP contribution in [-0.2, 0) is 9.59 Å². The quantitative estimate of drug-likeness (QED) is 0.737. The number of rotatable bonds is 6. The molecule has 5 nitrogen and oxygen atoms in total. The lowest BCUT2D eigenvalue weighted by Gasteiger charge is -2.27. The van der Waals surface area contributed by atoms with E-state index in [1.807, 2.05) is 4.90 Å². The fraction of sp³-hybridized carbons (Fsp3) is 0.846. The molecule has 0 aromatic heterocycles. The third-order valence-electron chi connectivity index (χ3n) is 3.77. The van der Waals surface area contributed by atoms with Crippen molar-refractivity contribution in [2.45, 2.75) is 44.6 Å². The SMILES string of the molecule is O=C(O)C(NCCC(=O)N1CCCCC1)C1CC1. The van der Waals surface area contributed by atoms with Gasteiger partial charge in [0.25, 0.3) is 0 Å². The van der Waals surface area contributed by atoms with Gasteiger partial charge in [0.1, 0.15) is 6.04 Å². The Labute approximate surface area is 108 Å². The Hall–Kier alpha value is -1.10. The summed E-state index contributed by atoms with van der Waals surface area (Å²) in [6.45, 7) is 2.20. The number of amides is 1. The Bertz CT molecular complexity index is 309. The Morgan fingerprint density at radius 3 is 2.44 bits per heavy atom. The third kappa shape index (κ3) is 3.70. The van der Waals surface area contributed by atoms with Gasteiger partial charge in [0.15, 0.2) is 0 Å². The van der Waals surface area contributed by atoms with Gasteiger partial charge < -0.3 is 15.3 Å². The molecular formula is C13H22N2O3. The summed E-state index contributed by atoms with van der Waals surface area (Å²) in [6.07, 6.45) is 5.80. The maximum absolute atomic E-state index is 11.9. The van der Waals surface area contributed by atoms with Crippen molar-refractivity contribution in [2.24, 2.45) is 5.92 Å². The number of nitrogens with one attached hydrogen (secondary N) is 1. The molecule has 18 heavy (non-hydrogen) atoms. The van der Waals surface area contributed by atoms with Crippen LogP contribution in [0.15, 0.2) is 0 Å². The van der Waals surface area contributed by atoms with Crippen LogP contribution in [0.2, 0.25) is 0 Å². The summed E-state index contributed by atoms with van der Waals surface area (Å²) in [6, 6.07) is -0.459. The molecular weight excluding hydrogens is 232 g/mol.